The first kappa shape index (κ1) is 20.6. The predicted molar refractivity (Wildman–Crippen MR) is 107 cm³/mol. The van der Waals surface area contributed by atoms with Crippen LogP contribution in [0.2, 0.25) is 0 Å². The Hall–Kier alpha value is -1.12. The van der Waals surface area contributed by atoms with Gasteiger partial charge in [0.15, 0.2) is 11.6 Å². The Kier molecular flexibility index (Phi) is 7.55. The quantitative estimate of drug-likeness (QED) is 0.443. The highest BCUT2D eigenvalue weighted by Gasteiger charge is 2.32. The Balaban J connectivity index is 1.55. The molecule has 1 aromatic rings. The maximum Gasteiger partial charge on any atom is 0.200 e. The summed E-state index contributed by atoms with van der Waals surface area (Å²) in [5.41, 5.74) is 0.559. The fourth-order valence-electron chi connectivity index (χ4n) is 5.27. The maximum absolute atomic E-state index is 14.6. The van der Waals surface area contributed by atoms with E-state index in [1.807, 2.05) is 0 Å². The van der Waals surface area contributed by atoms with Gasteiger partial charge in [0, 0.05) is 0 Å². The van der Waals surface area contributed by atoms with E-state index in [1.54, 1.807) is 12.1 Å². The first-order valence-corrected chi connectivity index (χ1v) is 11.2. The van der Waals surface area contributed by atoms with E-state index >= 15 is 0 Å². The summed E-state index contributed by atoms with van der Waals surface area (Å²) in [4.78, 5) is 0. The molecule has 1 nitrogen and oxygen atoms in total. The topological polar surface area (TPSA) is 9.23 Å². The summed E-state index contributed by atoms with van der Waals surface area (Å²) in [6.45, 7) is 4.80. The molecule has 27 heavy (non-hydrogen) atoms. The van der Waals surface area contributed by atoms with Gasteiger partial charge in [0.05, 0.1) is 6.61 Å². The Morgan fingerprint density at radius 1 is 0.852 bits per heavy atom. The van der Waals surface area contributed by atoms with Crippen molar-refractivity contribution in [3.05, 3.63) is 29.3 Å². The van der Waals surface area contributed by atoms with Crippen LogP contribution in [0, 0.1) is 29.4 Å². The second-order valence-electron chi connectivity index (χ2n) is 8.78. The molecule has 0 unspecified atom stereocenters. The molecule has 0 bridgehead atoms. The van der Waals surface area contributed by atoms with Gasteiger partial charge in [0.2, 0.25) is 5.82 Å². The summed E-state index contributed by atoms with van der Waals surface area (Å²) >= 11 is 0. The van der Waals surface area contributed by atoms with Gasteiger partial charge in [-0.3, -0.25) is 0 Å². The van der Waals surface area contributed by atoms with Crippen LogP contribution in [-0.4, -0.2) is 6.61 Å². The molecule has 1 aromatic carbocycles. The predicted octanol–water partition coefficient (Wildman–Crippen LogP) is 7.63. The van der Waals surface area contributed by atoms with E-state index < -0.39 is 11.6 Å². The molecule has 0 radical (unpaired) electrons. The lowest BCUT2D eigenvalue weighted by molar-refractivity contribution is 0.158. The lowest BCUT2D eigenvalue weighted by Crippen LogP contribution is -2.25. The molecule has 3 rings (SSSR count). The van der Waals surface area contributed by atoms with E-state index in [0.29, 0.717) is 12.2 Å². The first-order valence-electron chi connectivity index (χ1n) is 11.2. The largest absolute Gasteiger partial charge is 0.490 e. The summed E-state index contributed by atoms with van der Waals surface area (Å²) in [6.07, 6.45) is 13.0. The molecule has 0 heterocycles. The van der Waals surface area contributed by atoms with Gasteiger partial charge in [-0.1, -0.05) is 45.6 Å². The molecule has 152 valence electrons. The highest BCUT2D eigenvalue weighted by molar-refractivity contribution is 5.33. The van der Waals surface area contributed by atoms with Gasteiger partial charge in [0.25, 0.3) is 0 Å². The minimum Gasteiger partial charge on any atom is -0.490 e. The van der Waals surface area contributed by atoms with Crippen molar-refractivity contribution in [3.8, 4) is 5.75 Å². The third-order valence-electron chi connectivity index (χ3n) is 7.18. The van der Waals surface area contributed by atoms with E-state index in [-0.39, 0.29) is 11.7 Å². The lowest BCUT2D eigenvalue weighted by atomic mass is 9.68. The zero-order valence-electron chi connectivity index (χ0n) is 17.1. The second-order valence-corrected chi connectivity index (χ2v) is 8.78. The highest BCUT2D eigenvalue weighted by atomic mass is 19.2. The standard InChI is InChI=1S/C24H36F2O/c1-3-5-16-27-22-15-14-21(23(25)24(22)26)20-12-10-19(11-13-20)18-8-6-17(4-2)7-9-18/h14-15,17-20H,3-13,16H2,1-2H3. The fraction of sp³-hybridized carbons (Fsp3) is 0.750. The van der Waals surface area contributed by atoms with Crippen LogP contribution in [0.25, 0.3) is 0 Å². The molecular weight excluding hydrogens is 342 g/mol. The number of benzene rings is 1. The Morgan fingerprint density at radius 3 is 2.07 bits per heavy atom. The van der Waals surface area contributed by atoms with Gasteiger partial charge in [-0.15, -0.1) is 0 Å². The van der Waals surface area contributed by atoms with Crippen LogP contribution < -0.4 is 4.74 Å². The van der Waals surface area contributed by atoms with Crippen LogP contribution in [0.3, 0.4) is 0 Å². The molecule has 2 aliphatic rings. The molecule has 0 aliphatic heterocycles. The molecule has 0 atom stereocenters. The van der Waals surface area contributed by atoms with Crippen molar-refractivity contribution in [2.24, 2.45) is 17.8 Å². The molecule has 3 heteroatoms. The lowest BCUT2D eigenvalue weighted by Gasteiger charge is -2.38. The van der Waals surface area contributed by atoms with Crippen molar-refractivity contribution < 1.29 is 13.5 Å². The van der Waals surface area contributed by atoms with Crippen molar-refractivity contribution >= 4 is 0 Å². The summed E-state index contributed by atoms with van der Waals surface area (Å²) in [7, 11) is 0. The molecule has 2 fully saturated rings. The minimum absolute atomic E-state index is 0.0612. The summed E-state index contributed by atoms with van der Waals surface area (Å²) in [5, 5.41) is 0. The SMILES string of the molecule is CCCCOc1ccc(C2CCC(C3CCC(CC)CC3)CC2)c(F)c1F. The first-order chi connectivity index (χ1) is 13.1. The van der Waals surface area contributed by atoms with Crippen molar-refractivity contribution in [3.63, 3.8) is 0 Å². The second kappa shape index (κ2) is 9.89. The van der Waals surface area contributed by atoms with Gasteiger partial charge in [-0.25, -0.2) is 4.39 Å². The smallest absolute Gasteiger partial charge is 0.200 e. The number of ether oxygens (including phenoxy) is 1. The Labute approximate surface area is 163 Å². The summed E-state index contributed by atoms with van der Waals surface area (Å²) < 4.78 is 34.4. The van der Waals surface area contributed by atoms with Crippen LogP contribution >= 0.6 is 0 Å². The van der Waals surface area contributed by atoms with Crippen LogP contribution in [0.4, 0.5) is 8.78 Å². The van der Waals surface area contributed by atoms with E-state index in [4.69, 9.17) is 4.74 Å². The summed E-state index contributed by atoms with van der Waals surface area (Å²) in [5.74, 6) is 1.33. The van der Waals surface area contributed by atoms with Gasteiger partial charge in [0.1, 0.15) is 0 Å². The van der Waals surface area contributed by atoms with Gasteiger partial charge in [-0.05, 0) is 80.2 Å². The fourth-order valence-corrected chi connectivity index (χ4v) is 5.27. The number of unbranched alkanes of at least 4 members (excludes halogenated alkanes) is 1. The molecule has 2 aliphatic carbocycles. The molecular formula is C24H36F2O. The van der Waals surface area contributed by atoms with Crippen molar-refractivity contribution in [2.45, 2.75) is 90.4 Å². The van der Waals surface area contributed by atoms with Crippen molar-refractivity contribution in [2.75, 3.05) is 6.61 Å². The molecule has 2 saturated carbocycles. The van der Waals surface area contributed by atoms with Crippen molar-refractivity contribution in [1.29, 1.82) is 0 Å². The molecule has 0 aromatic heterocycles. The Bertz CT molecular complexity index is 584. The highest BCUT2D eigenvalue weighted by Crippen LogP contribution is 2.45. The number of hydrogen-bond donors (Lipinski definition) is 0. The average Bonchev–Trinajstić information content (AvgIpc) is 2.72. The molecule has 0 amide bonds. The third-order valence-corrected chi connectivity index (χ3v) is 7.18. The zero-order chi connectivity index (χ0) is 19.2. The normalized spacial score (nSPS) is 28.9. The van der Waals surface area contributed by atoms with Crippen LogP contribution in [0.1, 0.15) is 96.0 Å². The van der Waals surface area contributed by atoms with Gasteiger partial charge in [-0.2, -0.15) is 4.39 Å². The molecule has 0 spiro atoms. The van der Waals surface area contributed by atoms with E-state index in [2.05, 4.69) is 13.8 Å². The number of halogens is 2. The maximum atomic E-state index is 14.6. The van der Waals surface area contributed by atoms with Gasteiger partial charge < -0.3 is 4.74 Å². The van der Waals surface area contributed by atoms with E-state index in [1.165, 1.54) is 44.9 Å². The van der Waals surface area contributed by atoms with Crippen LogP contribution in [0.15, 0.2) is 12.1 Å². The summed E-state index contributed by atoms with van der Waals surface area (Å²) in [6, 6.07) is 3.39. The van der Waals surface area contributed by atoms with E-state index in [9.17, 15) is 8.78 Å². The van der Waals surface area contributed by atoms with Crippen molar-refractivity contribution in [1.82, 2.24) is 0 Å². The monoisotopic (exact) mass is 378 g/mol. The van der Waals surface area contributed by atoms with Crippen LogP contribution in [-0.2, 0) is 0 Å². The molecule has 0 N–H and O–H groups in total. The van der Waals surface area contributed by atoms with E-state index in [0.717, 1.165) is 43.4 Å². The minimum atomic E-state index is -0.802. The molecule has 0 saturated heterocycles. The third kappa shape index (κ3) is 5.03. The average molecular weight is 379 g/mol. The van der Waals surface area contributed by atoms with Gasteiger partial charge >= 0.3 is 0 Å². The zero-order valence-corrected chi connectivity index (χ0v) is 17.1. The number of rotatable bonds is 7. The van der Waals surface area contributed by atoms with Crippen LogP contribution in [0.5, 0.6) is 5.75 Å². The number of hydrogen-bond acceptors (Lipinski definition) is 1. The Morgan fingerprint density at radius 2 is 1.48 bits per heavy atom.